The van der Waals surface area contributed by atoms with Crippen LogP contribution in [-0.4, -0.2) is 71.8 Å². The van der Waals surface area contributed by atoms with Crippen molar-refractivity contribution in [2.24, 2.45) is 0 Å². The molecule has 6 nitrogen and oxygen atoms in total. The van der Waals surface area contributed by atoms with E-state index in [1.165, 1.54) is 16.5 Å². The lowest BCUT2D eigenvalue weighted by molar-refractivity contribution is -0.133. The maximum atomic E-state index is 13.9. The van der Waals surface area contributed by atoms with Crippen molar-refractivity contribution in [2.75, 3.05) is 39.9 Å². The van der Waals surface area contributed by atoms with E-state index in [4.69, 9.17) is 4.74 Å². The van der Waals surface area contributed by atoms with E-state index in [1.807, 2.05) is 41.3 Å². The molecule has 4 rings (SSSR count). The van der Waals surface area contributed by atoms with E-state index < -0.39 is 6.10 Å². The highest BCUT2D eigenvalue weighted by atomic mass is 16.5. The van der Waals surface area contributed by atoms with Crippen molar-refractivity contribution in [1.29, 1.82) is 0 Å². The minimum atomic E-state index is -0.563. The van der Waals surface area contributed by atoms with Gasteiger partial charge in [0.1, 0.15) is 0 Å². The normalized spacial score (nSPS) is 12.6. The molecule has 0 spiro atoms. The summed E-state index contributed by atoms with van der Waals surface area (Å²) in [7, 11) is 1.69. The zero-order valence-electron chi connectivity index (χ0n) is 25.7. The molecule has 42 heavy (non-hydrogen) atoms. The minimum Gasteiger partial charge on any atom is -0.391 e. The van der Waals surface area contributed by atoms with Crippen molar-refractivity contribution in [3.8, 4) is 0 Å². The van der Waals surface area contributed by atoms with E-state index in [0.29, 0.717) is 39.2 Å². The number of methoxy groups -OCH3 is 1. The van der Waals surface area contributed by atoms with Crippen LogP contribution in [0, 0.1) is 0 Å². The number of para-hydroxylation sites is 1. The van der Waals surface area contributed by atoms with E-state index in [-0.39, 0.29) is 17.9 Å². The fourth-order valence-electron chi connectivity index (χ4n) is 5.42. The zero-order valence-corrected chi connectivity index (χ0v) is 25.7. The Labute approximate surface area is 251 Å². The number of hydrogen-bond acceptors (Lipinski definition) is 4. The van der Waals surface area contributed by atoms with Gasteiger partial charge < -0.3 is 19.7 Å². The highest BCUT2D eigenvalue weighted by Gasteiger charge is 2.21. The molecule has 0 bridgehead atoms. The van der Waals surface area contributed by atoms with Gasteiger partial charge in [0.25, 0.3) is 0 Å². The highest BCUT2D eigenvalue weighted by molar-refractivity contribution is 5.83. The van der Waals surface area contributed by atoms with Crippen molar-refractivity contribution in [3.63, 3.8) is 0 Å². The van der Waals surface area contributed by atoms with E-state index >= 15 is 0 Å². The third-order valence-corrected chi connectivity index (χ3v) is 7.84. The van der Waals surface area contributed by atoms with Crippen molar-refractivity contribution in [2.45, 2.75) is 58.1 Å². The Morgan fingerprint density at radius 3 is 2.36 bits per heavy atom. The van der Waals surface area contributed by atoms with Gasteiger partial charge in [0.05, 0.1) is 12.6 Å². The first-order chi connectivity index (χ1) is 20.2. The SMILES string of the molecule is COCCCN(CC(=O)N(CCc1c[nH]c2ccccc12)Cc1ccc(C(C)(C)C)cc1)CC(O)Cc1ccccc1. The molecule has 224 valence electrons. The lowest BCUT2D eigenvalue weighted by Crippen LogP contribution is -2.44. The number of aromatic nitrogens is 1. The third-order valence-electron chi connectivity index (χ3n) is 7.84. The van der Waals surface area contributed by atoms with Crippen molar-refractivity contribution < 1.29 is 14.6 Å². The smallest absolute Gasteiger partial charge is 0.237 e. The minimum absolute atomic E-state index is 0.0686. The first-order valence-electron chi connectivity index (χ1n) is 15.1. The number of aromatic amines is 1. The van der Waals surface area contributed by atoms with Crippen molar-refractivity contribution >= 4 is 16.8 Å². The molecule has 4 aromatic rings. The van der Waals surface area contributed by atoms with Crippen LogP contribution in [0.5, 0.6) is 0 Å². The predicted octanol–water partition coefficient (Wildman–Crippen LogP) is 5.98. The molecule has 0 saturated carbocycles. The number of nitrogens with zero attached hydrogens (tertiary/aromatic N) is 2. The van der Waals surface area contributed by atoms with Crippen LogP contribution in [0.15, 0.2) is 85.1 Å². The fourth-order valence-corrected chi connectivity index (χ4v) is 5.42. The number of hydrogen-bond donors (Lipinski definition) is 2. The number of amides is 1. The van der Waals surface area contributed by atoms with E-state index in [2.05, 4.69) is 79.3 Å². The number of H-pyrrole nitrogens is 1. The molecule has 1 unspecified atom stereocenters. The van der Waals surface area contributed by atoms with Crippen LogP contribution in [0.25, 0.3) is 10.9 Å². The van der Waals surface area contributed by atoms with E-state index in [0.717, 1.165) is 29.5 Å². The average molecular weight is 570 g/mol. The summed E-state index contributed by atoms with van der Waals surface area (Å²) in [6, 6.07) is 26.9. The van der Waals surface area contributed by atoms with Crippen LogP contribution in [-0.2, 0) is 34.3 Å². The van der Waals surface area contributed by atoms with Gasteiger partial charge in [-0.25, -0.2) is 0 Å². The molecule has 0 aliphatic heterocycles. The van der Waals surface area contributed by atoms with Crippen LogP contribution < -0.4 is 0 Å². The average Bonchev–Trinajstić information content (AvgIpc) is 3.38. The summed E-state index contributed by atoms with van der Waals surface area (Å²) >= 11 is 0. The van der Waals surface area contributed by atoms with Crippen LogP contribution >= 0.6 is 0 Å². The maximum Gasteiger partial charge on any atom is 0.237 e. The second kappa shape index (κ2) is 15.1. The second-order valence-corrected chi connectivity index (χ2v) is 12.3. The molecule has 0 fully saturated rings. The second-order valence-electron chi connectivity index (χ2n) is 12.3. The number of rotatable bonds is 15. The van der Waals surface area contributed by atoms with Gasteiger partial charge in [-0.05, 0) is 53.0 Å². The van der Waals surface area contributed by atoms with Gasteiger partial charge >= 0.3 is 0 Å². The van der Waals surface area contributed by atoms with Crippen LogP contribution in [0.1, 0.15) is 49.4 Å². The lowest BCUT2D eigenvalue weighted by Gasteiger charge is -2.29. The number of benzene rings is 3. The fraction of sp³-hybridized carbons (Fsp3) is 0.417. The number of ether oxygens (including phenoxy) is 1. The summed E-state index contributed by atoms with van der Waals surface area (Å²) in [6.45, 7) is 9.77. The zero-order chi connectivity index (χ0) is 30.0. The molecule has 6 heteroatoms. The van der Waals surface area contributed by atoms with Crippen LogP contribution in [0.3, 0.4) is 0 Å². The molecular formula is C36H47N3O3. The molecule has 1 amide bonds. The highest BCUT2D eigenvalue weighted by Crippen LogP contribution is 2.23. The van der Waals surface area contributed by atoms with Crippen molar-refractivity contribution in [1.82, 2.24) is 14.8 Å². The maximum absolute atomic E-state index is 13.9. The van der Waals surface area contributed by atoms with Crippen LogP contribution in [0.2, 0.25) is 0 Å². The number of aliphatic hydroxyl groups is 1. The number of nitrogens with one attached hydrogen (secondary N) is 1. The quantitative estimate of drug-likeness (QED) is 0.173. The van der Waals surface area contributed by atoms with Gasteiger partial charge in [-0.1, -0.05) is 93.6 Å². The summed E-state index contributed by atoms with van der Waals surface area (Å²) < 4.78 is 5.29. The molecule has 1 atom stereocenters. The molecule has 1 heterocycles. The van der Waals surface area contributed by atoms with Gasteiger partial charge in [-0.15, -0.1) is 0 Å². The topological polar surface area (TPSA) is 68.8 Å². The lowest BCUT2D eigenvalue weighted by atomic mass is 9.87. The molecule has 0 aliphatic carbocycles. The van der Waals surface area contributed by atoms with Gasteiger partial charge in [-0.2, -0.15) is 0 Å². The number of carbonyl (C=O) groups is 1. The number of carbonyl (C=O) groups excluding carboxylic acids is 1. The Kier molecular flexibility index (Phi) is 11.4. The Hall–Kier alpha value is -3.45. The van der Waals surface area contributed by atoms with Gasteiger partial charge in [-0.3, -0.25) is 9.69 Å². The Bertz CT molecular complexity index is 1380. The summed E-state index contributed by atoms with van der Waals surface area (Å²) in [6.07, 6.45) is 3.61. The van der Waals surface area contributed by atoms with Crippen LogP contribution in [0.4, 0.5) is 0 Å². The summed E-state index contributed by atoms with van der Waals surface area (Å²) in [5, 5.41) is 12.1. The van der Waals surface area contributed by atoms with E-state index in [9.17, 15) is 9.90 Å². The molecule has 0 saturated heterocycles. The largest absolute Gasteiger partial charge is 0.391 e. The number of fused-ring (bicyclic) bond motifs is 1. The molecule has 1 aromatic heterocycles. The first kappa shape index (κ1) is 31.5. The van der Waals surface area contributed by atoms with Gasteiger partial charge in [0.15, 0.2) is 0 Å². The molecule has 2 N–H and O–H groups in total. The Morgan fingerprint density at radius 1 is 0.929 bits per heavy atom. The molecule has 0 radical (unpaired) electrons. The van der Waals surface area contributed by atoms with E-state index in [1.54, 1.807) is 7.11 Å². The molecule has 0 aliphatic rings. The predicted molar refractivity (Wildman–Crippen MR) is 172 cm³/mol. The monoisotopic (exact) mass is 569 g/mol. The van der Waals surface area contributed by atoms with Gasteiger partial charge in [0.2, 0.25) is 5.91 Å². The number of aliphatic hydroxyl groups excluding tert-OH is 1. The Balaban J connectivity index is 1.49. The molecule has 3 aromatic carbocycles. The molecular weight excluding hydrogens is 522 g/mol. The summed E-state index contributed by atoms with van der Waals surface area (Å²) in [5.41, 5.74) is 5.88. The van der Waals surface area contributed by atoms with Gasteiger partial charge in [0, 0.05) is 57.0 Å². The summed E-state index contributed by atoms with van der Waals surface area (Å²) in [4.78, 5) is 21.4. The Morgan fingerprint density at radius 2 is 1.64 bits per heavy atom. The third kappa shape index (κ3) is 9.28. The first-order valence-corrected chi connectivity index (χ1v) is 15.1. The summed E-state index contributed by atoms with van der Waals surface area (Å²) in [5.74, 6) is 0.0686. The van der Waals surface area contributed by atoms with Crippen molar-refractivity contribution in [3.05, 3.63) is 107 Å². The standard InChI is InChI=1S/C36H47N3O3/c1-36(2,3)31-17-15-29(16-18-31)25-39(21-19-30-24-37-34-14-9-8-13-33(30)34)35(41)27-38(20-10-22-42-4)26-32(40)23-28-11-6-5-7-12-28/h5-9,11-18,24,32,37,40H,10,19-23,25-27H2,1-4H3.